The van der Waals surface area contributed by atoms with Crippen LogP contribution in [0.25, 0.3) is 0 Å². The van der Waals surface area contributed by atoms with Crippen LogP contribution in [0, 0.1) is 11.6 Å². The van der Waals surface area contributed by atoms with Gasteiger partial charge in [-0.25, -0.2) is 8.78 Å². The van der Waals surface area contributed by atoms with E-state index >= 15 is 0 Å². The average Bonchev–Trinajstić information content (AvgIpc) is 2.36. The molecular weight excluding hydrogens is 315 g/mol. The maximum Gasteiger partial charge on any atom is 0.142 e. The van der Waals surface area contributed by atoms with E-state index < -0.39 is 17.7 Å². The third-order valence-electron chi connectivity index (χ3n) is 2.69. The molecule has 1 nitrogen and oxygen atoms in total. The molecule has 0 fully saturated rings. The molecule has 0 aliphatic heterocycles. The molecule has 100 valence electrons. The van der Waals surface area contributed by atoms with Gasteiger partial charge in [-0.05, 0) is 23.8 Å². The van der Waals surface area contributed by atoms with Gasteiger partial charge >= 0.3 is 0 Å². The Morgan fingerprint density at radius 3 is 2.26 bits per heavy atom. The first-order valence-corrected chi connectivity index (χ1v) is 6.39. The van der Waals surface area contributed by atoms with Crippen molar-refractivity contribution in [3.05, 3.63) is 68.2 Å². The molecular formula is C13H8Cl3F2N. The van der Waals surface area contributed by atoms with Crippen LogP contribution in [0.3, 0.4) is 0 Å². The fourth-order valence-corrected chi connectivity index (χ4v) is 2.28. The summed E-state index contributed by atoms with van der Waals surface area (Å²) in [6.45, 7) is 0. The lowest BCUT2D eigenvalue weighted by atomic mass is 9.99. The van der Waals surface area contributed by atoms with Crippen molar-refractivity contribution in [2.75, 3.05) is 0 Å². The summed E-state index contributed by atoms with van der Waals surface area (Å²) >= 11 is 17.4. The van der Waals surface area contributed by atoms with Crippen molar-refractivity contribution in [2.45, 2.75) is 6.04 Å². The van der Waals surface area contributed by atoms with E-state index in [2.05, 4.69) is 0 Å². The molecule has 6 heteroatoms. The molecule has 0 heterocycles. The molecule has 1 unspecified atom stereocenters. The Bertz CT molecular complexity index is 632. The van der Waals surface area contributed by atoms with Gasteiger partial charge in [0.1, 0.15) is 11.6 Å². The zero-order valence-electron chi connectivity index (χ0n) is 9.43. The highest BCUT2D eigenvalue weighted by molar-refractivity contribution is 6.42. The largest absolute Gasteiger partial charge is 0.320 e. The summed E-state index contributed by atoms with van der Waals surface area (Å²) in [7, 11) is 0. The van der Waals surface area contributed by atoms with Crippen LogP contribution in [0.15, 0.2) is 30.3 Å². The summed E-state index contributed by atoms with van der Waals surface area (Å²) in [5, 5.41) is 0.210. The van der Waals surface area contributed by atoms with Crippen molar-refractivity contribution in [3.8, 4) is 0 Å². The molecule has 0 saturated carbocycles. The molecule has 0 aliphatic rings. The number of hydrogen-bond acceptors (Lipinski definition) is 1. The zero-order valence-corrected chi connectivity index (χ0v) is 11.7. The van der Waals surface area contributed by atoms with Gasteiger partial charge in [0.05, 0.1) is 21.1 Å². The monoisotopic (exact) mass is 321 g/mol. The average molecular weight is 323 g/mol. The first-order valence-electron chi connectivity index (χ1n) is 5.25. The van der Waals surface area contributed by atoms with Crippen LogP contribution in [-0.4, -0.2) is 0 Å². The molecule has 19 heavy (non-hydrogen) atoms. The minimum Gasteiger partial charge on any atom is -0.320 e. The fourth-order valence-electron chi connectivity index (χ4n) is 1.70. The topological polar surface area (TPSA) is 26.0 Å². The molecule has 0 aliphatic carbocycles. The van der Waals surface area contributed by atoms with Gasteiger partial charge in [0.25, 0.3) is 0 Å². The molecule has 1 atom stereocenters. The highest BCUT2D eigenvalue weighted by Crippen LogP contribution is 2.33. The van der Waals surface area contributed by atoms with Gasteiger partial charge in [-0.1, -0.05) is 46.9 Å². The van der Waals surface area contributed by atoms with Crippen molar-refractivity contribution in [2.24, 2.45) is 5.73 Å². The van der Waals surface area contributed by atoms with Crippen LogP contribution >= 0.6 is 34.8 Å². The minimum absolute atomic E-state index is 0.0360. The van der Waals surface area contributed by atoms with Gasteiger partial charge < -0.3 is 5.73 Å². The van der Waals surface area contributed by atoms with Gasteiger partial charge in [0.2, 0.25) is 0 Å². The van der Waals surface area contributed by atoms with Gasteiger partial charge in [-0.15, -0.1) is 0 Å². The highest BCUT2D eigenvalue weighted by atomic mass is 35.5. The number of rotatable bonds is 2. The number of hydrogen-bond donors (Lipinski definition) is 1. The second kappa shape index (κ2) is 5.63. The fraction of sp³-hybridized carbons (Fsp3) is 0.0769. The van der Waals surface area contributed by atoms with Crippen molar-refractivity contribution >= 4 is 34.8 Å². The number of nitrogens with two attached hydrogens (primary N) is 1. The summed E-state index contributed by atoms with van der Waals surface area (Å²) in [6.07, 6.45) is 0. The smallest absolute Gasteiger partial charge is 0.142 e. The Morgan fingerprint density at radius 1 is 0.895 bits per heavy atom. The number of benzene rings is 2. The van der Waals surface area contributed by atoms with Crippen LogP contribution in [0.5, 0.6) is 0 Å². The number of halogens is 5. The van der Waals surface area contributed by atoms with E-state index in [0.29, 0.717) is 10.6 Å². The summed E-state index contributed by atoms with van der Waals surface area (Å²) < 4.78 is 27.2. The second-order valence-corrected chi connectivity index (χ2v) is 5.10. The van der Waals surface area contributed by atoms with E-state index in [1.807, 2.05) is 0 Å². The maximum absolute atomic E-state index is 13.8. The Labute approximate surface area is 123 Å². The SMILES string of the molecule is NC(c1cc(F)c(Cl)cc1F)c1cccc(Cl)c1Cl. The summed E-state index contributed by atoms with van der Waals surface area (Å²) in [5.41, 5.74) is 6.29. The third kappa shape index (κ3) is 2.84. The molecule has 0 radical (unpaired) electrons. The molecule has 2 N–H and O–H groups in total. The van der Waals surface area contributed by atoms with Gasteiger partial charge in [0.15, 0.2) is 0 Å². The van der Waals surface area contributed by atoms with E-state index in [9.17, 15) is 8.78 Å². The van der Waals surface area contributed by atoms with Crippen LogP contribution < -0.4 is 5.73 Å². The van der Waals surface area contributed by atoms with E-state index in [1.165, 1.54) is 0 Å². The van der Waals surface area contributed by atoms with Gasteiger partial charge in [-0.2, -0.15) is 0 Å². The first-order chi connectivity index (χ1) is 8.91. The van der Waals surface area contributed by atoms with Crippen LogP contribution in [-0.2, 0) is 0 Å². The van der Waals surface area contributed by atoms with Crippen LogP contribution in [0.2, 0.25) is 15.1 Å². The molecule has 2 aromatic carbocycles. The van der Waals surface area contributed by atoms with Crippen molar-refractivity contribution in [1.82, 2.24) is 0 Å². The highest BCUT2D eigenvalue weighted by Gasteiger charge is 2.19. The van der Waals surface area contributed by atoms with Crippen LogP contribution in [0.4, 0.5) is 8.78 Å². The zero-order chi connectivity index (χ0) is 14.2. The van der Waals surface area contributed by atoms with Gasteiger partial charge in [-0.3, -0.25) is 0 Å². The van der Waals surface area contributed by atoms with E-state index in [0.717, 1.165) is 12.1 Å². The lowest BCUT2D eigenvalue weighted by molar-refractivity contribution is 0.577. The van der Waals surface area contributed by atoms with Gasteiger partial charge in [0, 0.05) is 5.56 Å². The van der Waals surface area contributed by atoms with Crippen molar-refractivity contribution in [3.63, 3.8) is 0 Å². The quantitative estimate of drug-likeness (QED) is 0.776. The predicted molar refractivity (Wildman–Crippen MR) is 73.9 cm³/mol. The molecule has 0 spiro atoms. The summed E-state index contributed by atoms with van der Waals surface area (Å²) in [5.74, 6) is -1.44. The lowest BCUT2D eigenvalue weighted by Crippen LogP contribution is -2.14. The third-order valence-corrected chi connectivity index (χ3v) is 3.81. The van der Waals surface area contributed by atoms with Crippen molar-refractivity contribution in [1.29, 1.82) is 0 Å². The molecule has 0 aromatic heterocycles. The maximum atomic E-state index is 13.8. The molecule has 0 amide bonds. The Hall–Kier alpha value is -0.870. The van der Waals surface area contributed by atoms with Crippen molar-refractivity contribution < 1.29 is 8.78 Å². The Kier molecular flexibility index (Phi) is 4.31. The lowest BCUT2D eigenvalue weighted by Gasteiger charge is -2.16. The summed E-state index contributed by atoms with van der Waals surface area (Å²) in [6, 6.07) is 5.72. The minimum atomic E-state index is -0.932. The van der Waals surface area contributed by atoms with Crippen LogP contribution in [0.1, 0.15) is 17.2 Å². The second-order valence-electron chi connectivity index (χ2n) is 3.91. The normalized spacial score (nSPS) is 12.5. The Balaban J connectivity index is 2.53. The van der Waals surface area contributed by atoms with E-state index in [-0.39, 0.29) is 15.6 Å². The molecule has 0 saturated heterocycles. The molecule has 2 aromatic rings. The van der Waals surface area contributed by atoms with E-state index in [4.69, 9.17) is 40.5 Å². The molecule has 2 rings (SSSR count). The van der Waals surface area contributed by atoms with E-state index in [1.54, 1.807) is 18.2 Å². The summed E-state index contributed by atoms with van der Waals surface area (Å²) in [4.78, 5) is 0. The standard InChI is InChI=1S/C13H8Cl3F2N/c14-8-3-1-2-6(12(8)16)13(19)7-4-11(18)9(15)5-10(7)17/h1-5,13H,19H2. The molecule has 0 bridgehead atoms. The predicted octanol–water partition coefficient (Wildman–Crippen LogP) is 4.97. The first kappa shape index (κ1) is 14.5. The Morgan fingerprint density at radius 2 is 1.58 bits per heavy atom.